The number of hydrogen-bond acceptors (Lipinski definition) is 0. The summed E-state index contributed by atoms with van der Waals surface area (Å²) in [5, 5.41) is 0. The molecule has 0 aromatic heterocycles. The van der Waals surface area contributed by atoms with Crippen molar-refractivity contribution < 1.29 is 50.7 Å². The summed E-state index contributed by atoms with van der Waals surface area (Å²) in [6, 6.07) is 0. The van der Waals surface area contributed by atoms with Gasteiger partial charge in [-0.05, 0) is 12.3 Å². The second kappa shape index (κ2) is 11.4. The molecule has 3 aliphatic carbocycles. The molecule has 1 saturated carbocycles. The Kier molecular flexibility index (Phi) is 13.1. The Bertz CT molecular complexity index is 293. The van der Waals surface area contributed by atoms with Crippen molar-refractivity contribution in [2.45, 2.75) is 25.7 Å². The molecular weight excluding hydrogens is 418 g/mol. The minimum absolute atomic E-state index is 0. The standard InChI is InChI=1S/C9H11.C5H5.2ClH.Hf/c1-2-5-9-7-3-6-8(9)4-1;1-2-4-5-3-1;;;/h1-2,4,6,9H,3,5,7H2;1-3H,4H2;2*1H;/q2*-1;;;+4/p-2. The zero-order chi connectivity index (χ0) is 9.64. The summed E-state index contributed by atoms with van der Waals surface area (Å²) < 4.78 is 0. The van der Waals surface area contributed by atoms with Gasteiger partial charge in [0, 0.05) is 0 Å². The molecular formula is C14H16Cl2Hf. The molecule has 0 saturated heterocycles. The Balaban J connectivity index is 0. The largest absolute Gasteiger partial charge is 4.00 e. The summed E-state index contributed by atoms with van der Waals surface area (Å²) in [6.07, 6.45) is 23.0. The molecule has 0 bridgehead atoms. The Morgan fingerprint density at radius 2 is 2.00 bits per heavy atom. The van der Waals surface area contributed by atoms with E-state index >= 15 is 0 Å². The van der Waals surface area contributed by atoms with Crippen molar-refractivity contribution in [1.29, 1.82) is 0 Å². The Morgan fingerprint density at radius 1 is 1.18 bits per heavy atom. The van der Waals surface area contributed by atoms with Crippen molar-refractivity contribution in [1.82, 2.24) is 0 Å². The van der Waals surface area contributed by atoms with Crippen LogP contribution in [0.4, 0.5) is 0 Å². The molecule has 0 aromatic carbocycles. The average Bonchev–Trinajstić information content (AvgIpc) is 2.92. The first-order valence-corrected chi connectivity index (χ1v) is 5.38. The van der Waals surface area contributed by atoms with Crippen molar-refractivity contribution in [3.05, 3.63) is 54.5 Å². The van der Waals surface area contributed by atoms with Crippen LogP contribution in [-0.4, -0.2) is 0 Å². The van der Waals surface area contributed by atoms with Gasteiger partial charge in [0.2, 0.25) is 0 Å². The van der Waals surface area contributed by atoms with E-state index in [1.807, 2.05) is 12.2 Å². The molecule has 3 rings (SSSR count). The first-order valence-electron chi connectivity index (χ1n) is 5.38. The van der Waals surface area contributed by atoms with Crippen LogP contribution in [0.1, 0.15) is 25.7 Å². The number of hydrogen-bond donors (Lipinski definition) is 0. The summed E-state index contributed by atoms with van der Waals surface area (Å²) in [5.74, 6) is 0.884. The van der Waals surface area contributed by atoms with E-state index in [0.29, 0.717) is 0 Å². The van der Waals surface area contributed by atoms with E-state index in [9.17, 15) is 0 Å². The van der Waals surface area contributed by atoms with Gasteiger partial charge in [-0.1, -0.05) is 6.42 Å². The predicted octanol–water partition coefficient (Wildman–Crippen LogP) is -2.20. The van der Waals surface area contributed by atoms with Crippen LogP contribution < -0.4 is 24.8 Å². The minimum Gasteiger partial charge on any atom is -1.00 e. The van der Waals surface area contributed by atoms with Gasteiger partial charge in [-0.2, -0.15) is 6.08 Å². The monoisotopic (exact) mass is 434 g/mol. The third kappa shape index (κ3) is 6.69. The maximum Gasteiger partial charge on any atom is 4.00 e. The van der Waals surface area contributed by atoms with E-state index < -0.39 is 0 Å². The molecule has 0 nitrogen and oxygen atoms in total. The van der Waals surface area contributed by atoms with Crippen LogP contribution in [0.3, 0.4) is 0 Å². The number of halogens is 2. The molecule has 0 aliphatic heterocycles. The first kappa shape index (κ1) is 19.6. The molecule has 0 amide bonds. The van der Waals surface area contributed by atoms with Crippen molar-refractivity contribution in [3.8, 4) is 0 Å². The number of allylic oxidation sites excluding steroid dienone is 8. The molecule has 1 fully saturated rings. The molecule has 1 atom stereocenters. The summed E-state index contributed by atoms with van der Waals surface area (Å²) in [6.45, 7) is 0. The van der Waals surface area contributed by atoms with E-state index in [-0.39, 0.29) is 50.7 Å². The predicted molar refractivity (Wildman–Crippen MR) is 60.4 cm³/mol. The fraction of sp³-hybridized carbons (Fsp3) is 0.357. The van der Waals surface area contributed by atoms with E-state index in [1.165, 1.54) is 19.3 Å². The zero-order valence-electron chi connectivity index (χ0n) is 9.70. The smallest absolute Gasteiger partial charge is 1.00 e. The molecule has 0 N–H and O–H groups in total. The molecule has 1 unspecified atom stereocenters. The van der Waals surface area contributed by atoms with Crippen LogP contribution >= 0.6 is 0 Å². The molecule has 3 aliphatic rings. The fourth-order valence-electron chi connectivity index (χ4n) is 2.00. The second-order valence-corrected chi connectivity index (χ2v) is 3.81. The molecule has 3 heteroatoms. The van der Waals surface area contributed by atoms with E-state index in [4.69, 9.17) is 0 Å². The fourth-order valence-corrected chi connectivity index (χ4v) is 2.00. The second-order valence-electron chi connectivity index (χ2n) is 3.81. The van der Waals surface area contributed by atoms with Crippen LogP contribution in [0.25, 0.3) is 0 Å². The summed E-state index contributed by atoms with van der Waals surface area (Å²) in [5.41, 5.74) is 1.58. The Labute approximate surface area is 136 Å². The minimum atomic E-state index is 0. The van der Waals surface area contributed by atoms with Gasteiger partial charge >= 0.3 is 25.8 Å². The third-order valence-corrected chi connectivity index (χ3v) is 2.80. The quantitative estimate of drug-likeness (QED) is 0.301. The van der Waals surface area contributed by atoms with Gasteiger partial charge in [0.25, 0.3) is 0 Å². The topological polar surface area (TPSA) is 0 Å². The van der Waals surface area contributed by atoms with Crippen LogP contribution in [0.5, 0.6) is 0 Å². The molecule has 0 spiro atoms. The van der Waals surface area contributed by atoms with Crippen LogP contribution in [-0.2, 0) is 25.8 Å². The maximum absolute atomic E-state index is 2.99. The van der Waals surface area contributed by atoms with Crippen molar-refractivity contribution in [2.75, 3.05) is 0 Å². The molecule has 17 heavy (non-hydrogen) atoms. The Hall–Kier alpha value is 0.280. The summed E-state index contributed by atoms with van der Waals surface area (Å²) in [7, 11) is 0. The van der Waals surface area contributed by atoms with Crippen LogP contribution in [0.2, 0.25) is 0 Å². The summed E-state index contributed by atoms with van der Waals surface area (Å²) in [4.78, 5) is 0. The third-order valence-electron chi connectivity index (χ3n) is 2.80. The van der Waals surface area contributed by atoms with Gasteiger partial charge in [-0.25, -0.2) is 30.2 Å². The van der Waals surface area contributed by atoms with E-state index in [2.05, 4.69) is 36.8 Å². The summed E-state index contributed by atoms with van der Waals surface area (Å²) >= 11 is 0. The molecule has 90 valence electrons. The molecule has 0 aromatic rings. The van der Waals surface area contributed by atoms with Crippen LogP contribution in [0.15, 0.2) is 42.0 Å². The van der Waals surface area contributed by atoms with Gasteiger partial charge in [0.1, 0.15) is 0 Å². The maximum atomic E-state index is 2.99. The van der Waals surface area contributed by atoms with Gasteiger partial charge in [-0.3, -0.25) is 6.08 Å². The van der Waals surface area contributed by atoms with Crippen molar-refractivity contribution in [2.24, 2.45) is 5.92 Å². The van der Waals surface area contributed by atoms with Gasteiger partial charge in [0.15, 0.2) is 0 Å². The van der Waals surface area contributed by atoms with Gasteiger partial charge < -0.3 is 24.8 Å². The number of rotatable bonds is 0. The van der Waals surface area contributed by atoms with Crippen LogP contribution in [0, 0.1) is 18.4 Å². The van der Waals surface area contributed by atoms with Crippen molar-refractivity contribution in [3.63, 3.8) is 0 Å². The van der Waals surface area contributed by atoms with E-state index in [1.54, 1.807) is 5.57 Å². The van der Waals surface area contributed by atoms with Crippen molar-refractivity contribution >= 4 is 0 Å². The Morgan fingerprint density at radius 3 is 2.53 bits per heavy atom. The van der Waals surface area contributed by atoms with Gasteiger partial charge in [-0.15, -0.1) is 25.0 Å². The molecule has 0 heterocycles. The normalized spacial score (nSPS) is 21.6. The van der Waals surface area contributed by atoms with E-state index in [0.717, 1.165) is 12.3 Å². The number of fused-ring (bicyclic) bond motifs is 1. The molecule has 0 radical (unpaired) electrons. The van der Waals surface area contributed by atoms with Gasteiger partial charge in [0.05, 0.1) is 0 Å². The zero-order valence-corrected chi connectivity index (χ0v) is 14.8. The SMILES string of the molecule is C1=CCC2CC[CH-]C2=C1.[C-]1=CC=CC1.[Cl-].[Cl-].[Hf+4]. The average molecular weight is 434 g/mol. The first-order chi connectivity index (χ1) is 6.97.